The zero-order chi connectivity index (χ0) is 16.1. The van der Waals surface area contributed by atoms with E-state index < -0.39 is 5.54 Å². The fraction of sp³-hybridized carbons (Fsp3) is 0.316. The van der Waals surface area contributed by atoms with Crippen molar-refractivity contribution >= 4 is 5.69 Å². The summed E-state index contributed by atoms with van der Waals surface area (Å²) in [4.78, 5) is 2.37. The van der Waals surface area contributed by atoms with Gasteiger partial charge in [-0.2, -0.15) is 5.26 Å². The molecular weight excluding hydrogens is 289 g/mol. The first kappa shape index (κ1) is 15.5. The fourth-order valence-corrected chi connectivity index (χ4v) is 3.01. The summed E-state index contributed by atoms with van der Waals surface area (Å²) in [6.07, 6.45) is 1.52. The largest absolute Gasteiger partial charge is 0.367 e. The lowest BCUT2D eigenvalue weighted by Crippen LogP contribution is -2.48. The van der Waals surface area contributed by atoms with Gasteiger partial charge >= 0.3 is 0 Å². The van der Waals surface area contributed by atoms with Crippen molar-refractivity contribution in [1.29, 1.82) is 5.26 Å². The average molecular weight is 309 g/mol. The van der Waals surface area contributed by atoms with Crippen molar-refractivity contribution < 1.29 is 4.39 Å². The van der Waals surface area contributed by atoms with Gasteiger partial charge < -0.3 is 5.32 Å². The Balaban J connectivity index is 1.61. The summed E-state index contributed by atoms with van der Waals surface area (Å²) in [6, 6.07) is 19.0. The van der Waals surface area contributed by atoms with Crippen molar-refractivity contribution in [2.45, 2.75) is 24.9 Å². The Morgan fingerprint density at radius 1 is 1.04 bits per heavy atom. The Labute approximate surface area is 136 Å². The van der Waals surface area contributed by atoms with Crippen molar-refractivity contribution in [3.63, 3.8) is 0 Å². The monoisotopic (exact) mass is 309 g/mol. The molecule has 4 heteroatoms. The summed E-state index contributed by atoms with van der Waals surface area (Å²) < 4.78 is 13.0. The number of hydrogen-bond acceptors (Lipinski definition) is 3. The summed E-state index contributed by atoms with van der Waals surface area (Å²) in [6.45, 7) is 2.66. The Bertz CT molecular complexity index is 668. The van der Waals surface area contributed by atoms with Gasteiger partial charge in [-0.3, -0.25) is 4.90 Å². The van der Waals surface area contributed by atoms with E-state index in [1.165, 1.54) is 17.7 Å². The van der Waals surface area contributed by atoms with Crippen LogP contribution in [0, 0.1) is 17.1 Å². The van der Waals surface area contributed by atoms with Crippen LogP contribution in [0.2, 0.25) is 0 Å². The van der Waals surface area contributed by atoms with Crippen LogP contribution in [0.3, 0.4) is 0 Å². The molecule has 118 valence electrons. The molecule has 23 heavy (non-hydrogen) atoms. The molecule has 1 heterocycles. The van der Waals surface area contributed by atoms with Crippen LogP contribution in [-0.2, 0) is 6.54 Å². The summed E-state index contributed by atoms with van der Waals surface area (Å²) in [7, 11) is 0. The van der Waals surface area contributed by atoms with Gasteiger partial charge in [0.1, 0.15) is 11.4 Å². The minimum atomic E-state index is -0.564. The Morgan fingerprint density at radius 2 is 1.70 bits per heavy atom. The molecule has 2 aromatic rings. The van der Waals surface area contributed by atoms with E-state index in [-0.39, 0.29) is 5.82 Å². The molecule has 1 N–H and O–H groups in total. The van der Waals surface area contributed by atoms with Crippen LogP contribution in [0.25, 0.3) is 0 Å². The molecule has 1 fully saturated rings. The topological polar surface area (TPSA) is 39.1 Å². The van der Waals surface area contributed by atoms with Crippen LogP contribution < -0.4 is 5.32 Å². The molecule has 0 amide bonds. The molecule has 0 radical (unpaired) electrons. The van der Waals surface area contributed by atoms with E-state index in [9.17, 15) is 9.65 Å². The molecule has 1 aliphatic heterocycles. The van der Waals surface area contributed by atoms with E-state index >= 15 is 0 Å². The van der Waals surface area contributed by atoms with Crippen LogP contribution in [0.5, 0.6) is 0 Å². The number of hydrogen-bond donors (Lipinski definition) is 1. The van der Waals surface area contributed by atoms with Crippen LogP contribution in [0.15, 0.2) is 54.6 Å². The van der Waals surface area contributed by atoms with E-state index in [2.05, 4.69) is 40.6 Å². The van der Waals surface area contributed by atoms with Crippen LogP contribution in [-0.4, -0.2) is 23.5 Å². The maximum absolute atomic E-state index is 13.0. The first-order valence-corrected chi connectivity index (χ1v) is 7.90. The number of nitrogens with one attached hydrogen (secondary N) is 1. The number of rotatable bonds is 4. The average Bonchev–Trinajstić information content (AvgIpc) is 2.60. The molecule has 3 nitrogen and oxygen atoms in total. The molecule has 0 aromatic heterocycles. The van der Waals surface area contributed by atoms with Crippen LogP contribution in [0.1, 0.15) is 18.4 Å². The van der Waals surface area contributed by atoms with Gasteiger partial charge in [-0.1, -0.05) is 30.3 Å². The zero-order valence-electron chi connectivity index (χ0n) is 13.0. The molecule has 0 unspecified atom stereocenters. The highest BCUT2D eigenvalue weighted by Gasteiger charge is 2.34. The summed E-state index contributed by atoms with van der Waals surface area (Å²) in [5.74, 6) is -0.265. The summed E-state index contributed by atoms with van der Waals surface area (Å²) >= 11 is 0. The minimum absolute atomic E-state index is 0.265. The molecule has 0 aliphatic carbocycles. The summed E-state index contributed by atoms with van der Waals surface area (Å²) in [5.41, 5.74) is 1.53. The van der Waals surface area contributed by atoms with Crippen molar-refractivity contribution in [1.82, 2.24) is 4.90 Å². The van der Waals surface area contributed by atoms with Crippen LogP contribution in [0.4, 0.5) is 10.1 Å². The second kappa shape index (κ2) is 6.80. The van der Waals surface area contributed by atoms with E-state index in [0.29, 0.717) is 0 Å². The molecular formula is C19H20FN3. The van der Waals surface area contributed by atoms with Crippen molar-refractivity contribution in [2.24, 2.45) is 0 Å². The first-order valence-electron chi connectivity index (χ1n) is 7.90. The molecule has 3 rings (SSSR count). The second-order valence-electron chi connectivity index (χ2n) is 6.09. The van der Waals surface area contributed by atoms with Gasteiger partial charge in [0.2, 0.25) is 0 Å². The second-order valence-corrected chi connectivity index (χ2v) is 6.09. The molecule has 0 saturated carbocycles. The lowest BCUT2D eigenvalue weighted by molar-refractivity contribution is 0.189. The quantitative estimate of drug-likeness (QED) is 0.934. The van der Waals surface area contributed by atoms with Gasteiger partial charge in [-0.15, -0.1) is 0 Å². The SMILES string of the molecule is N#CC1(Nc2ccc(F)cc2)CCN(Cc2ccccc2)CC1. The number of halogens is 1. The van der Waals surface area contributed by atoms with E-state index in [1.807, 2.05) is 6.07 Å². The number of anilines is 1. The highest BCUT2D eigenvalue weighted by atomic mass is 19.1. The van der Waals surface area contributed by atoms with E-state index in [0.717, 1.165) is 38.2 Å². The van der Waals surface area contributed by atoms with E-state index in [1.54, 1.807) is 12.1 Å². The normalized spacial score (nSPS) is 17.4. The zero-order valence-corrected chi connectivity index (χ0v) is 13.0. The number of benzene rings is 2. The third-order valence-electron chi connectivity index (χ3n) is 4.40. The lowest BCUT2D eigenvalue weighted by atomic mass is 9.88. The fourth-order valence-electron chi connectivity index (χ4n) is 3.01. The Morgan fingerprint density at radius 3 is 2.30 bits per heavy atom. The molecule has 0 bridgehead atoms. The predicted octanol–water partition coefficient (Wildman–Crippen LogP) is 3.80. The maximum atomic E-state index is 13.0. The smallest absolute Gasteiger partial charge is 0.127 e. The number of nitriles is 1. The Kier molecular flexibility index (Phi) is 4.59. The first-order chi connectivity index (χ1) is 11.2. The van der Waals surface area contributed by atoms with E-state index in [4.69, 9.17) is 0 Å². The Hall–Kier alpha value is -2.38. The third-order valence-corrected chi connectivity index (χ3v) is 4.40. The van der Waals surface area contributed by atoms with Gasteiger partial charge in [-0.25, -0.2) is 4.39 Å². The molecule has 1 aliphatic rings. The highest BCUT2D eigenvalue weighted by molar-refractivity contribution is 5.48. The van der Waals surface area contributed by atoms with Crippen molar-refractivity contribution in [3.8, 4) is 6.07 Å². The maximum Gasteiger partial charge on any atom is 0.127 e. The minimum Gasteiger partial charge on any atom is -0.367 e. The molecule has 2 aromatic carbocycles. The van der Waals surface area contributed by atoms with Gasteiger partial charge in [-0.05, 0) is 42.7 Å². The van der Waals surface area contributed by atoms with Gasteiger partial charge in [0.05, 0.1) is 6.07 Å². The van der Waals surface area contributed by atoms with Gasteiger partial charge in [0.25, 0.3) is 0 Å². The third kappa shape index (κ3) is 3.88. The number of nitrogens with zero attached hydrogens (tertiary/aromatic N) is 2. The van der Waals surface area contributed by atoms with Crippen LogP contribution >= 0.6 is 0 Å². The van der Waals surface area contributed by atoms with Gasteiger partial charge in [0.15, 0.2) is 0 Å². The highest BCUT2D eigenvalue weighted by Crippen LogP contribution is 2.27. The summed E-state index contributed by atoms with van der Waals surface area (Å²) in [5, 5.41) is 12.9. The molecule has 0 atom stereocenters. The number of likely N-dealkylation sites (tertiary alicyclic amines) is 1. The predicted molar refractivity (Wildman–Crippen MR) is 89.3 cm³/mol. The molecule has 1 saturated heterocycles. The standard InChI is InChI=1S/C19H20FN3/c20-17-6-8-18(9-7-17)22-19(15-21)10-12-23(13-11-19)14-16-4-2-1-3-5-16/h1-9,22H,10-14H2. The van der Waals surface area contributed by atoms with Crippen molar-refractivity contribution in [3.05, 3.63) is 66.0 Å². The number of piperidine rings is 1. The van der Waals surface area contributed by atoms with Gasteiger partial charge in [0, 0.05) is 25.3 Å². The lowest BCUT2D eigenvalue weighted by Gasteiger charge is -2.38. The van der Waals surface area contributed by atoms with Crippen molar-refractivity contribution in [2.75, 3.05) is 18.4 Å². The molecule has 0 spiro atoms.